The molecule has 1 amide bonds. The number of rotatable bonds is 8. The van der Waals surface area contributed by atoms with Gasteiger partial charge >= 0.3 is 0 Å². The first-order valence-electron chi connectivity index (χ1n) is 21.4. The van der Waals surface area contributed by atoms with E-state index in [4.69, 9.17) is 19.0 Å². The lowest BCUT2D eigenvalue weighted by atomic mass is 9.55. The zero-order valence-corrected chi connectivity index (χ0v) is 35.1. The van der Waals surface area contributed by atoms with E-state index in [9.17, 15) is 44.7 Å². The van der Waals surface area contributed by atoms with Crippen molar-refractivity contribution in [3.05, 3.63) is 80.9 Å². The number of phenolic OH excluding ortho intramolecular Hbond substituents is 3. The molecule has 3 aromatic rings. The predicted octanol–water partition coefficient (Wildman–Crippen LogP) is 4.82. The number of hydrogen-bond acceptors (Lipinski definition) is 14. The SMILES string of the molecule is COc1cccc2c1C(=O)c1c(O)c3c(c(O)c1C2=O)C[C@@](O)(C(C)=O)C[C@@H]3O[C@H]1C[C@H](NC(=O)CO/N=C2/CC[C@H]3[C@@H]4CCc5cc(O)ccc5[C@H]4CC[C@]23C)[C@H](O)[C@H](C)O1. The molecule has 3 fully saturated rings. The summed E-state index contributed by atoms with van der Waals surface area (Å²) in [7, 11) is 1.33. The molecule has 328 valence electrons. The van der Waals surface area contributed by atoms with Crippen LogP contribution in [0.2, 0.25) is 0 Å². The summed E-state index contributed by atoms with van der Waals surface area (Å²) in [5.41, 5.74) is -0.0518. The lowest BCUT2D eigenvalue weighted by Gasteiger charge is -2.49. The number of ether oxygens (including phenoxy) is 3. The van der Waals surface area contributed by atoms with Gasteiger partial charge in [0.25, 0.3) is 5.91 Å². The topological polar surface area (TPSA) is 231 Å². The number of nitrogens with one attached hydrogen (secondary N) is 1. The average molecular weight is 853 g/mol. The molecule has 1 saturated heterocycles. The minimum Gasteiger partial charge on any atom is -0.508 e. The third kappa shape index (κ3) is 6.66. The molecule has 9 rings (SSSR count). The summed E-state index contributed by atoms with van der Waals surface area (Å²) in [6.07, 6.45) is 0.0677. The number of methoxy groups -OCH3 is 1. The van der Waals surface area contributed by atoms with Crippen molar-refractivity contribution in [3.63, 3.8) is 0 Å². The van der Waals surface area contributed by atoms with Gasteiger partial charge in [-0.25, -0.2) is 0 Å². The molecule has 0 aromatic heterocycles. The molecule has 0 unspecified atom stereocenters. The molecule has 15 nitrogen and oxygen atoms in total. The van der Waals surface area contributed by atoms with E-state index in [1.165, 1.54) is 43.4 Å². The van der Waals surface area contributed by atoms with Crippen LogP contribution < -0.4 is 10.1 Å². The van der Waals surface area contributed by atoms with Crippen LogP contribution in [0, 0.1) is 17.3 Å². The van der Waals surface area contributed by atoms with Crippen molar-refractivity contribution in [2.75, 3.05) is 13.7 Å². The average Bonchev–Trinajstić information content (AvgIpc) is 3.58. The molecule has 1 aliphatic heterocycles. The maximum absolute atomic E-state index is 14.0. The molecule has 2 saturated carbocycles. The van der Waals surface area contributed by atoms with Crippen molar-refractivity contribution in [2.45, 2.75) is 121 Å². The molecule has 6 aliphatic rings. The fourth-order valence-corrected chi connectivity index (χ4v) is 11.7. The second-order valence-corrected chi connectivity index (χ2v) is 18.2. The van der Waals surface area contributed by atoms with E-state index < -0.39 is 102 Å². The summed E-state index contributed by atoms with van der Waals surface area (Å²) in [5.74, 6) is -2.30. The highest BCUT2D eigenvalue weighted by Gasteiger charge is 2.54. The van der Waals surface area contributed by atoms with E-state index in [0.717, 1.165) is 44.2 Å². The number of Topliss-reactive ketones (excluding diaryl/α,β-unsaturated/α-hetero) is 1. The summed E-state index contributed by atoms with van der Waals surface area (Å²) in [5, 5.41) is 63.6. The number of carbonyl (C=O) groups excluding carboxylic acids is 4. The second-order valence-electron chi connectivity index (χ2n) is 18.2. The van der Waals surface area contributed by atoms with E-state index in [-0.39, 0.29) is 39.8 Å². The number of benzene rings is 3. The minimum absolute atomic E-state index is 0.0468. The normalized spacial score (nSPS) is 32.7. The largest absolute Gasteiger partial charge is 0.508 e. The smallest absolute Gasteiger partial charge is 0.261 e. The number of aromatic hydroxyl groups is 3. The molecule has 0 radical (unpaired) electrons. The summed E-state index contributed by atoms with van der Waals surface area (Å²) in [6.45, 7) is 4.60. The zero-order chi connectivity index (χ0) is 44.0. The lowest BCUT2D eigenvalue weighted by molar-refractivity contribution is -0.249. The highest BCUT2D eigenvalue weighted by Crippen LogP contribution is 2.60. The van der Waals surface area contributed by atoms with Crippen LogP contribution in [0.5, 0.6) is 23.0 Å². The van der Waals surface area contributed by atoms with Gasteiger partial charge in [-0.2, -0.15) is 0 Å². The minimum atomic E-state index is -2.10. The van der Waals surface area contributed by atoms with E-state index >= 15 is 0 Å². The first kappa shape index (κ1) is 42.0. The molecule has 0 bridgehead atoms. The van der Waals surface area contributed by atoms with Gasteiger partial charge in [-0.15, -0.1) is 0 Å². The number of amides is 1. The van der Waals surface area contributed by atoms with Gasteiger partial charge in [0, 0.05) is 41.4 Å². The van der Waals surface area contributed by atoms with Crippen LogP contribution in [0.3, 0.4) is 0 Å². The Balaban J connectivity index is 0.905. The maximum atomic E-state index is 14.0. The van der Waals surface area contributed by atoms with Crippen molar-refractivity contribution >= 4 is 29.0 Å². The number of oxime groups is 1. The Morgan fingerprint density at radius 1 is 1.00 bits per heavy atom. The Morgan fingerprint density at radius 3 is 2.53 bits per heavy atom. The number of aliphatic hydroxyl groups excluding tert-OH is 1. The highest BCUT2D eigenvalue weighted by molar-refractivity contribution is 6.31. The number of phenols is 3. The number of ketones is 3. The third-order valence-electron chi connectivity index (χ3n) is 14.9. The number of aliphatic hydroxyl groups is 2. The number of aryl methyl sites for hydroxylation is 1. The molecule has 5 aliphatic carbocycles. The molecule has 6 N–H and O–H groups in total. The van der Waals surface area contributed by atoms with Gasteiger partial charge in [0.1, 0.15) is 34.7 Å². The first-order valence-corrected chi connectivity index (χ1v) is 21.4. The summed E-state index contributed by atoms with van der Waals surface area (Å²) in [6, 6.07) is 9.27. The molecule has 62 heavy (non-hydrogen) atoms. The number of hydrogen-bond donors (Lipinski definition) is 6. The molecule has 3 aromatic carbocycles. The van der Waals surface area contributed by atoms with Crippen molar-refractivity contribution in [3.8, 4) is 23.0 Å². The summed E-state index contributed by atoms with van der Waals surface area (Å²) in [4.78, 5) is 59.8. The van der Waals surface area contributed by atoms with Crippen LogP contribution in [0.15, 0.2) is 41.6 Å². The maximum Gasteiger partial charge on any atom is 0.261 e. The Bertz CT molecular complexity index is 2430. The van der Waals surface area contributed by atoms with Crippen LogP contribution in [-0.4, -0.2) is 98.4 Å². The van der Waals surface area contributed by atoms with Crippen LogP contribution in [-0.2, 0) is 36.7 Å². The van der Waals surface area contributed by atoms with Crippen LogP contribution in [0.25, 0.3) is 0 Å². The quantitative estimate of drug-likeness (QED) is 0.103. The second kappa shape index (κ2) is 15.5. The van der Waals surface area contributed by atoms with Gasteiger partial charge in [-0.05, 0) is 99.5 Å². The number of carbonyl (C=O) groups is 4. The summed E-state index contributed by atoms with van der Waals surface area (Å²) >= 11 is 0. The number of fused-ring (bicyclic) bond motifs is 8. The highest BCUT2D eigenvalue weighted by atomic mass is 16.7. The Hall–Kier alpha value is -5.35. The fraction of sp³-hybridized carbons (Fsp3) is 0.511. The van der Waals surface area contributed by atoms with Crippen LogP contribution in [0.1, 0.15) is 132 Å². The third-order valence-corrected chi connectivity index (χ3v) is 14.9. The van der Waals surface area contributed by atoms with Crippen molar-refractivity contribution in [1.29, 1.82) is 0 Å². The van der Waals surface area contributed by atoms with Crippen LogP contribution in [0.4, 0.5) is 0 Å². The van der Waals surface area contributed by atoms with Gasteiger partial charge in [-0.3, -0.25) is 19.2 Å². The standard InChI is InChI=1S/C47H52N2O13/c1-21-41(53)31(48-35(52)20-60-49-34-13-12-30-27-10-8-23-16-24(51)9-11-25(23)26(27)14-15-46(30,34)3)17-36(61-21)62-33-19-47(58,22(2)50)18-29-38(33)45(57)40-39(43(29)55)42(54)28-6-5-7-32(59-4)37(28)44(40)56/h5-7,9,11,16,21,26-27,30-31,33,36,41,51,53,55,57-58H,8,10,12-15,17-20H2,1-4H3,(H,48,52)/b49-34-/t21-,26+,27+,30-,31-,33-,36-,41+,46-,47-/m0/s1. The van der Waals surface area contributed by atoms with Gasteiger partial charge in [0.15, 0.2) is 24.5 Å². The Labute approximate surface area is 358 Å². The van der Waals surface area contributed by atoms with Crippen molar-refractivity contribution in [2.24, 2.45) is 22.4 Å². The first-order chi connectivity index (χ1) is 29.5. The molecule has 15 heteroatoms. The molecule has 1 heterocycles. The molecule has 10 atom stereocenters. The monoisotopic (exact) mass is 852 g/mol. The predicted molar refractivity (Wildman–Crippen MR) is 220 cm³/mol. The van der Waals surface area contributed by atoms with Gasteiger partial charge in [0.05, 0.1) is 47.8 Å². The van der Waals surface area contributed by atoms with Gasteiger partial charge in [0.2, 0.25) is 5.78 Å². The number of nitrogens with zero attached hydrogens (tertiary/aromatic N) is 1. The van der Waals surface area contributed by atoms with Gasteiger partial charge < -0.3 is 49.9 Å². The summed E-state index contributed by atoms with van der Waals surface area (Å²) < 4.78 is 17.7. The van der Waals surface area contributed by atoms with Crippen molar-refractivity contribution < 1.29 is 63.8 Å². The molecule has 0 spiro atoms. The Morgan fingerprint density at radius 2 is 1.77 bits per heavy atom. The molecular weight excluding hydrogens is 801 g/mol. The van der Waals surface area contributed by atoms with E-state index in [1.54, 1.807) is 13.0 Å². The fourth-order valence-electron chi connectivity index (χ4n) is 11.7. The lowest BCUT2D eigenvalue weighted by Crippen LogP contribution is -2.56. The zero-order valence-electron chi connectivity index (χ0n) is 35.1. The van der Waals surface area contributed by atoms with E-state index in [2.05, 4.69) is 23.5 Å². The van der Waals surface area contributed by atoms with Crippen LogP contribution >= 0.6 is 0 Å². The molecular formula is C47H52N2O13. The van der Waals surface area contributed by atoms with E-state index in [0.29, 0.717) is 23.5 Å². The van der Waals surface area contributed by atoms with Crippen molar-refractivity contribution in [1.82, 2.24) is 5.32 Å². The Kier molecular flexibility index (Phi) is 10.5. The van der Waals surface area contributed by atoms with Gasteiger partial charge in [-0.1, -0.05) is 30.3 Å². The van der Waals surface area contributed by atoms with E-state index in [1.807, 2.05) is 6.07 Å².